The minimum absolute atomic E-state index is 0.281. The van der Waals surface area contributed by atoms with Crippen molar-refractivity contribution in [1.29, 1.82) is 0 Å². The van der Waals surface area contributed by atoms with Crippen molar-refractivity contribution in [2.24, 2.45) is 0 Å². The van der Waals surface area contributed by atoms with Gasteiger partial charge in [-0.3, -0.25) is 4.90 Å². The Morgan fingerprint density at radius 1 is 1.20 bits per heavy atom. The van der Waals surface area contributed by atoms with Crippen LogP contribution < -0.4 is 0 Å². The molecule has 15 heavy (non-hydrogen) atoms. The first kappa shape index (κ1) is 12.9. The number of methoxy groups -OCH3 is 1. The van der Waals surface area contributed by atoms with Gasteiger partial charge in [-0.05, 0) is 19.3 Å². The van der Waals surface area contributed by atoms with Gasteiger partial charge in [0.05, 0.1) is 6.61 Å². The Labute approximate surface area is 93.4 Å². The van der Waals surface area contributed by atoms with Crippen LogP contribution in [0.25, 0.3) is 0 Å². The largest absolute Gasteiger partial charge is 0.395 e. The summed E-state index contributed by atoms with van der Waals surface area (Å²) in [5.41, 5.74) is 0. The maximum absolute atomic E-state index is 9.05. The van der Waals surface area contributed by atoms with Crippen LogP contribution in [-0.4, -0.2) is 49.5 Å². The second-order valence-corrected chi connectivity index (χ2v) is 4.40. The van der Waals surface area contributed by atoms with E-state index in [2.05, 4.69) is 4.90 Å². The van der Waals surface area contributed by atoms with E-state index in [0.29, 0.717) is 6.04 Å². The molecule has 0 unspecified atom stereocenters. The Hall–Kier alpha value is -0.120. The number of rotatable bonds is 7. The van der Waals surface area contributed by atoms with Crippen molar-refractivity contribution in [3.8, 4) is 0 Å². The van der Waals surface area contributed by atoms with Gasteiger partial charge in [0.1, 0.15) is 0 Å². The number of aliphatic hydroxyl groups is 1. The molecule has 0 saturated heterocycles. The van der Waals surface area contributed by atoms with Gasteiger partial charge >= 0.3 is 0 Å². The van der Waals surface area contributed by atoms with Gasteiger partial charge in [-0.15, -0.1) is 0 Å². The van der Waals surface area contributed by atoms with Crippen molar-refractivity contribution in [2.75, 3.05) is 33.4 Å². The highest BCUT2D eigenvalue weighted by Gasteiger charge is 2.19. The molecule has 0 amide bonds. The molecular weight excluding hydrogens is 190 g/mol. The first-order valence-corrected chi connectivity index (χ1v) is 6.22. The van der Waals surface area contributed by atoms with E-state index in [1.807, 2.05) is 0 Å². The number of aliphatic hydroxyl groups excluding tert-OH is 1. The van der Waals surface area contributed by atoms with Crippen LogP contribution in [0.5, 0.6) is 0 Å². The van der Waals surface area contributed by atoms with Gasteiger partial charge in [0.2, 0.25) is 0 Å². The molecule has 0 bridgehead atoms. The number of nitrogens with zero attached hydrogens (tertiary/aromatic N) is 1. The van der Waals surface area contributed by atoms with E-state index in [9.17, 15) is 0 Å². The SMILES string of the molecule is COCCCN(CCO)C1CCCCC1. The van der Waals surface area contributed by atoms with Crippen molar-refractivity contribution in [1.82, 2.24) is 4.90 Å². The fraction of sp³-hybridized carbons (Fsp3) is 1.00. The highest BCUT2D eigenvalue weighted by atomic mass is 16.5. The summed E-state index contributed by atoms with van der Waals surface area (Å²) < 4.78 is 5.07. The molecule has 0 heterocycles. The molecule has 1 aliphatic carbocycles. The lowest BCUT2D eigenvalue weighted by Crippen LogP contribution is -2.39. The van der Waals surface area contributed by atoms with E-state index in [1.165, 1.54) is 32.1 Å². The van der Waals surface area contributed by atoms with E-state index in [-0.39, 0.29) is 6.61 Å². The Balaban J connectivity index is 2.26. The van der Waals surface area contributed by atoms with Crippen molar-refractivity contribution in [2.45, 2.75) is 44.6 Å². The standard InChI is InChI=1S/C12H25NO2/c1-15-11-5-8-13(9-10-14)12-6-3-2-4-7-12/h12,14H,2-11H2,1H3. The highest BCUT2D eigenvalue weighted by molar-refractivity contribution is 4.75. The summed E-state index contributed by atoms with van der Waals surface area (Å²) in [6.45, 7) is 3.01. The minimum atomic E-state index is 0.281. The zero-order valence-electron chi connectivity index (χ0n) is 9.95. The molecular formula is C12H25NO2. The first-order chi connectivity index (χ1) is 7.38. The summed E-state index contributed by atoms with van der Waals surface area (Å²) in [6, 6.07) is 0.711. The van der Waals surface area contributed by atoms with Gasteiger partial charge in [-0.1, -0.05) is 19.3 Å². The average Bonchev–Trinajstić information content (AvgIpc) is 2.29. The average molecular weight is 215 g/mol. The molecule has 0 aromatic carbocycles. The zero-order chi connectivity index (χ0) is 10.9. The second-order valence-electron chi connectivity index (χ2n) is 4.40. The van der Waals surface area contributed by atoms with Gasteiger partial charge in [-0.25, -0.2) is 0 Å². The molecule has 0 aromatic heterocycles. The Kier molecular flexibility index (Phi) is 6.98. The lowest BCUT2D eigenvalue weighted by atomic mass is 9.94. The summed E-state index contributed by atoms with van der Waals surface area (Å²) in [7, 11) is 1.75. The van der Waals surface area contributed by atoms with Crippen LogP contribution in [0.4, 0.5) is 0 Å². The van der Waals surface area contributed by atoms with Crippen LogP contribution in [0.2, 0.25) is 0 Å². The van der Waals surface area contributed by atoms with Crippen LogP contribution in [0.1, 0.15) is 38.5 Å². The van der Waals surface area contributed by atoms with Crippen molar-refractivity contribution in [3.05, 3.63) is 0 Å². The van der Waals surface area contributed by atoms with Gasteiger partial charge in [-0.2, -0.15) is 0 Å². The van der Waals surface area contributed by atoms with Crippen molar-refractivity contribution < 1.29 is 9.84 Å². The minimum Gasteiger partial charge on any atom is -0.395 e. The molecule has 0 spiro atoms. The first-order valence-electron chi connectivity index (χ1n) is 6.22. The van der Waals surface area contributed by atoms with Crippen LogP contribution in [0, 0.1) is 0 Å². The fourth-order valence-electron chi connectivity index (χ4n) is 2.46. The summed E-state index contributed by atoms with van der Waals surface area (Å²) in [4.78, 5) is 2.44. The number of hydrogen-bond acceptors (Lipinski definition) is 3. The molecule has 0 atom stereocenters. The zero-order valence-corrected chi connectivity index (χ0v) is 9.95. The monoisotopic (exact) mass is 215 g/mol. The van der Waals surface area contributed by atoms with E-state index in [1.54, 1.807) is 7.11 Å². The van der Waals surface area contributed by atoms with Crippen LogP contribution >= 0.6 is 0 Å². The lowest BCUT2D eigenvalue weighted by Gasteiger charge is -2.33. The summed E-state index contributed by atoms with van der Waals surface area (Å²) in [5.74, 6) is 0. The molecule has 0 radical (unpaired) electrons. The quantitative estimate of drug-likeness (QED) is 0.655. The summed E-state index contributed by atoms with van der Waals surface area (Å²) in [5, 5.41) is 9.05. The number of hydrogen-bond donors (Lipinski definition) is 1. The molecule has 1 fully saturated rings. The van der Waals surface area contributed by atoms with E-state index in [4.69, 9.17) is 9.84 Å². The lowest BCUT2D eigenvalue weighted by molar-refractivity contribution is 0.107. The van der Waals surface area contributed by atoms with Crippen LogP contribution in [0.3, 0.4) is 0 Å². The van der Waals surface area contributed by atoms with Gasteiger partial charge in [0.25, 0.3) is 0 Å². The Bertz CT molecular complexity index is 147. The molecule has 3 heteroatoms. The number of ether oxygens (including phenoxy) is 1. The molecule has 1 N–H and O–H groups in total. The predicted octanol–water partition coefficient (Wildman–Crippen LogP) is 1.65. The van der Waals surface area contributed by atoms with Gasteiger partial charge in [0.15, 0.2) is 0 Å². The Morgan fingerprint density at radius 2 is 1.93 bits per heavy atom. The third-order valence-electron chi connectivity index (χ3n) is 3.27. The molecule has 1 saturated carbocycles. The smallest absolute Gasteiger partial charge is 0.0558 e. The second kappa shape index (κ2) is 8.08. The van der Waals surface area contributed by atoms with E-state index in [0.717, 1.165) is 26.1 Å². The molecule has 0 aromatic rings. The van der Waals surface area contributed by atoms with Crippen molar-refractivity contribution >= 4 is 0 Å². The molecule has 1 aliphatic rings. The predicted molar refractivity (Wildman–Crippen MR) is 62.0 cm³/mol. The van der Waals surface area contributed by atoms with Crippen LogP contribution in [0.15, 0.2) is 0 Å². The van der Waals surface area contributed by atoms with E-state index >= 15 is 0 Å². The summed E-state index contributed by atoms with van der Waals surface area (Å²) >= 11 is 0. The maximum atomic E-state index is 9.05. The third-order valence-corrected chi connectivity index (χ3v) is 3.27. The molecule has 1 rings (SSSR count). The summed E-state index contributed by atoms with van der Waals surface area (Å²) in [6.07, 6.45) is 7.81. The normalized spacial score (nSPS) is 18.6. The maximum Gasteiger partial charge on any atom is 0.0558 e. The van der Waals surface area contributed by atoms with Gasteiger partial charge in [0, 0.05) is 32.8 Å². The molecule has 3 nitrogen and oxygen atoms in total. The molecule has 0 aliphatic heterocycles. The molecule has 90 valence electrons. The van der Waals surface area contributed by atoms with Crippen molar-refractivity contribution in [3.63, 3.8) is 0 Å². The fourth-order valence-corrected chi connectivity index (χ4v) is 2.46. The van der Waals surface area contributed by atoms with E-state index < -0.39 is 0 Å². The third kappa shape index (κ3) is 4.96. The van der Waals surface area contributed by atoms with Crippen LogP contribution in [-0.2, 0) is 4.74 Å². The van der Waals surface area contributed by atoms with Gasteiger partial charge < -0.3 is 9.84 Å². The highest BCUT2D eigenvalue weighted by Crippen LogP contribution is 2.22. The topological polar surface area (TPSA) is 32.7 Å². The Morgan fingerprint density at radius 3 is 2.53 bits per heavy atom.